The van der Waals surface area contributed by atoms with E-state index in [0.29, 0.717) is 6.54 Å². The number of benzene rings is 1. The zero-order chi connectivity index (χ0) is 13.9. The standard InChI is InChI=1S/C16H20N2O2/c19-15-8-4-2-6-13(15)17-16(20)11-18-10-9-12-5-1-3-7-14(12)18/h1,3,5,7,9-10,13,15,19H,2,4,6,8,11H2,(H,17,20). The molecule has 1 aromatic carbocycles. The molecule has 2 unspecified atom stereocenters. The molecule has 2 atom stereocenters. The molecule has 0 spiro atoms. The largest absolute Gasteiger partial charge is 0.391 e. The number of rotatable bonds is 3. The van der Waals surface area contributed by atoms with Crippen molar-refractivity contribution in [3.8, 4) is 0 Å². The number of amides is 1. The van der Waals surface area contributed by atoms with Crippen molar-refractivity contribution in [3.05, 3.63) is 36.5 Å². The van der Waals surface area contributed by atoms with E-state index >= 15 is 0 Å². The fourth-order valence-corrected chi connectivity index (χ4v) is 2.97. The van der Waals surface area contributed by atoms with Gasteiger partial charge in [-0.1, -0.05) is 31.0 Å². The van der Waals surface area contributed by atoms with Gasteiger partial charge in [0.05, 0.1) is 12.1 Å². The molecule has 0 saturated heterocycles. The van der Waals surface area contributed by atoms with E-state index in [1.807, 2.05) is 41.1 Å². The maximum atomic E-state index is 12.1. The first-order valence-electron chi connectivity index (χ1n) is 7.25. The summed E-state index contributed by atoms with van der Waals surface area (Å²) < 4.78 is 1.94. The molecule has 1 aliphatic carbocycles. The van der Waals surface area contributed by atoms with Crippen molar-refractivity contribution in [2.75, 3.05) is 0 Å². The minimum atomic E-state index is -0.394. The van der Waals surface area contributed by atoms with Crippen molar-refractivity contribution in [1.29, 1.82) is 0 Å². The zero-order valence-electron chi connectivity index (χ0n) is 11.5. The van der Waals surface area contributed by atoms with Gasteiger partial charge >= 0.3 is 0 Å². The van der Waals surface area contributed by atoms with Gasteiger partial charge in [-0.25, -0.2) is 0 Å². The Balaban J connectivity index is 1.66. The highest BCUT2D eigenvalue weighted by molar-refractivity contribution is 5.83. The molecule has 1 saturated carbocycles. The number of carbonyl (C=O) groups excluding carboxylic acids is 1. The molecule has 1 fully saturated rings. The smallest absolute Gasteiger partial charge is 0.240 e. The fraction of sp³-hybridized carbons (Fsp3) is 0.438. The summed E-state index contributed by atoms with van der Waals surface area (Å²) in [5.41, 5.74) is 1.06. The molecule has 106 valence electrons. The second-order valence-electron chi connectivity index (χ2n) is 5.53. The Labute approximate surface area is 118 Å². The average molecular weight is 272 g/mol. The van der Waals surface area contributed by atoms with Gasteiger partial charge in [-0.15, -0.1) is 0 Å². The number of hydrogen-bond donors (Lipinski definition) is 2. The first-order valence-corrected chi connectivity index (χ1v) is 7.25. The summed E-state index contributed by atoms with van der Waals surface area (Å²) in [6, 6.07) is 9.94. The summed E-state index contributed by atoms with van der Waals surface area (Å²) in [5.74, 6) is -0.0303. The van der Waals surface area contributed by atoms with Gasteiger partial charge in [-0.05, 0) is 30.4 Å². The molecule has 4 heteroatoms. The molecule has 3 rings (SSSR count). The van der Waals surface area contributed by atoms with E-state index in [9.17, 15) is 9.90 Å². The predicted molar refractivity (Wildman–Crippen MR) is 78.3 cm³/mol. The molecule has 1 heterocycles. The lowest BCUT2D eigenvalue weighted by molar-refractivity contribution is -0.123. The molecule has 0 bridgehead atoms. The van der Waals surface area contributed by atoms with Gasteiger partial charge in [0.2, 0.25) is 5.91 Å². The van der Waals surface area contributed by atoms with E-state index < -0.39 is 6.10 Å². The normalized spacial score (nSPS) is 22.9. The van der Waals surface area contributed by atoms with Crippen LogP contribution in [0.4, 0.5) is 0 Å². The van der Waals surface area contributed by atoms with Gasteiger partial charge in [-0.2, -0.15) is 0 Å². The van der Waals surface area contributed by atoms with Crippen LogP contribution in [-0.4, -0.2) is 27.7 Å². The number of nitrogens with zero attached hydrogens (tertiary/aromatic N) is 1. The van der Waals surface area contributed by atoms with Crippen molar-refractivity contribution < 1.29 is 9.90 Å². The maximum absolute atomic E-state index is 12.1. The lowest BCUT2D eigenvalue weighted by Crippen LogP contribution is -2.46. The molecular weight excluding hydrogens is 252 g/mol. The van der Waals surface area contributed by atoms with E-state index in [1.165, 1.54) is 0 Å². The van der Waals surface area contributed by atoms with Crippen molar-refractivity contribution >= 4 is 16.8 Å². The number of aromatic nitrogens is 1. The van der Waals surface area contributed by atoms with Gasteiger partial charge in [0.25, 0.3) is 0 Å². The van der Waals surface area contributed by atoms with Gasteiger partial charge < -0.3 is 15.0 Å². The van der Waals surface area contributed by atoms with Crippen molar-refractivity contribution in [3.63, 3.8) is 0 Å². The second-order valence-corrected chi connectivity index (χ2v) is 5.53. The number of hydrogen-bond acceptors (Lipinski definition) is 2. The summed E-state index contributed by atoms with van der Waals surface area (Å²) in [6.45, 7) is 0.302. The predicted octanol–water partition coefficient (Wildman–Crippen LogP) is 2.06. The molecule has 1 aliphatic rings. The third kappa shape index (κ3) is 2.70. The average Bonchev–Trinajstić information content (AvgIpc) is 2.85. The van der Waals surface area contributed by atoms with Crippen LogP contribution in [0.25, 0.3) is 10.9 Å². The summed E-state index contributed by atoms with van der Waals surface area (Å²) in [7, 11) is 0. The number of aliphatic hydroxyl groups is 1. The Morgan fingerprint density at radius 3 is 2.90 bits per heavy atom. The second kappa shape index (κ2) is 5.67. The van der Waals surface area contributed by atoms with Crippen LogP contribution in [0, 0.1) is 0 Å². The lowest BCUT2D eigenvalue weighted by Gasteiger charge is -2.28. The van der Waals surface area contributed by atoms with E-state index in [-0.39, 0.29) is 11.9 Å². The first kappa shape index (κ1) is 13.2. The third-order valence-corrected chi connectivity index (χ3v) is 4.07. The van der Waals surface area contributed by atoms with E-state index in [1.54, 1.807) is 0 Å². The van der Waals surface area contributed by atoms with Crippen LogP contribution in [0.5, 0.6) is 0 Å². The monoisotopic (exact) mass is 272 g/mol. The van der Waals surface area contributed by atoms with Crippen LogP contribution in [0.2, 0.25) is 0 Å². The van der Waals surface area contributed by atoms with Crippen LogP contribution < -0.4 is 5.32 Å². The molecule has 4 nitrogen and oxygen atoms in total. The van der Waals surface area contributed by atoms with Crippen LogP contribution in [0.1, 0.15) is 25.7 Å². The highest BCUT2D eigenvalue weighted by Crippen LogP contribution is 2.19. The summed E-state index contributed by atoms with van der Waals surface area (Å²) in [5, 5.41) is 14.0. The van der Waals surface area contributed by atoms with Gasteiger partial charge in [-0.3, -0.25) is 4.79 Å². The number of nitrogens with one attached hydrogen (secondary N) is 1. The number of fused-ring (bicyclic) bond motifs is 1. The van der Waals surface area contributed by atoms with Crippen LogP contribution in [-0.2, 0) is 11.3 Å². The molecule has 0 aliphatic heterocycles. The first-order chi connectivity index (χ1) is 9.74. The fourth-order valence-electron chi connectivity index (χ4n) is 2.97. The number of aliphatic hydroxyl groups excluding tert-OH is 1. The molecule has 2 N–H and O–H groups in total. The quantitative estimate of drug-likeness (QED) is 0.898. The van der Waals surface area contributed by atoms with Crippen LogP contribution in [0.15, 0.2) is 36.5 Å². The highest BCUT2D eigenvalue weighted by Gasteiger charge is 2.24. The third-order valence-electron chi connectivity index (χ3n) is 4.07. The summed E-state index contributed by atoms with van der Waals surface area (Å²) >= 11 is 0. The molecule has 2 aromatic rings. The van der Waals surface area contributed by atoms with Crippen LogP contribution in [0.3, 0.4) is 0 Å². The minimum absolute atomic E-state index is 0.0303. The van der Waals surface area contributed by atoms with Gasteiger partial charge in [0.15, 0.2) is 0 Å². The highest BCUT2D eigenvalue weighted by atomic mass is 16.3. The Bertz CT molecular complexity index is 605. The number of para-hydroxylation sites is 1. The molecule has 20 heavy (non-hydrogen) atoms. The Hall–Kier alpha value is -1.81. The Morgan fingerprint density at radius 2 is 2.05 bits per heavy atom. The molecule has 1 aromatic heterocycles. The van der Waals surface area contributed by atoms with E-state index in [4.69, 9.17) is 0 Å². The van der Waals surface area contributed by atoms with Crippen molar-refractivity contribution in [1.82, 2.24) is 9.88 Å². The summed E-state index contributed by atoms with van der Waals surface area (Å²) in [6.07, 6.45) is 5.33. The van der Waals surface area contributed by atoms with E-state index in [2.05, 4.69) is 5.32 Å². The van der Waals surface area contributed by atoms with Crippen molar-refractivity contribution in [2.24, 2.45) is 0 Å². The molecule has 0 radical (unpaired) electrons. The maximum Gasteiger partial charge on any atom is 0.240 e. The minimum Gasteiger partial charge on any atom is -0.391 e. The zero-order valence-corrected chi connectivity index (χ0v) is 11.5. The van der Waals surface area contributed by atoms with E-state index in [0.717, 1.165) is 36.6 Å². The Kier molecular flexibility index (Phi) is 3.74. The topological polar surface area (TPSA) is 54.3 Å². The molecular formula is C16H20N2O2. The SMILES string of the molecule is O=C(Cn1ccc2ccccc21)NC1CCCCC1O. The lowest BCUT2D eigenvalue weighted by atomic mass is 9.92. The molecule has 1 amide bonds. The van der Waals surface area contributed by atoms with Crippen molar-refractivity contribution in [2.45, 2.75) is 44.4 Å². The number of carbonyl (C=O) groups is 1. The van der Waals surface area contributed by atoms with Gasteiger partial charge in [0, 0.05) is 11.7 Å². The van der Waals surface area contributed by atoms with Gasteiger partial charge in [0.1, 0.15) is 6.54 Å². The summed E-state index contributed by atoms with van der Waals surface area (Å²) in [4.78, 5) is 12.1. The Morgan fingerprint density at radius 1 is 1.25 bits per heavy atom. The van der Waals surface area contributed by atoms with Crippen LogP contribution >= 0.6 is 0 Å².